The molecule has 0 saturated carbocycles. The molecule has 3 heterocycles. The average molecular weight is 594 g/mol. The molecule has 0 unspecified atom stereocenters. The topological polar surface area (TPSA) is 164 Å². The molecule has 0 aliphatic heterocycles. The van der Waals surface area contributed by atoms with Gasteiger partial charge in [-0.25, -0.2) is 19.3 Å². The standard InChI is InChI=1S/C26H21Cl2N9O4/c1-35(9-3-8-31-25(38)39)26(40)37-24-18(4-2-7-30-24)20(33-37)14-36-21-6-5-19(28)23(22(21)32-34-36)41-17-11-15(13-29)10-16(27)12-17/h2,4-7,10-12,31H,3,8-9,14H2,1H3,(H,38,39). The van der Waals surface area contributed by atoms with Crippen LogP contribution in [0, 0.1) is 11.3 Å². The highest BCUT2D eigenvalue weighted by Crippen LogP contribution is 2.37. The number of carboxylic acid groups (broad SMARTS) is 1. The van der Waals surface area contributed by atoms with Crippen LogP contribution in [0.4, 0.5) is 9.59 Å². The van der Waals surface area contributed by atoms with E-state index in [0.717, 1.165) is 0 Å². The molecule has 0 atom stereocenters. The number of hydrogen-bond acceptors (Lipinski definition) is 8. The zero-order valence-electron chi connectivity index (χ0n) is 21.5. The molecule has 5 aromatic rings. The minimum atomic E-state index is -1.12. The normalized spacial score (nSPS) is 11.0. The number of halogens is 2. The number of carbonyl (C=O) groups excluding carboxylic acids is 1. The fraction of sp³-hybridized carbons (Fsp3) is 0.192. The first-order valence-electron chi connectivity index (χ1n) is 12.2. The van der Waals surface area contributed by atoms with Crippen molar-refractivity contribution in [1.82, 2.24) is 40.0 Å². The van der Waals surface area contributed by atoms with Crippen molar-refractivity contribution in [2.24, 2.45) is 0 Å². The number of amides is 2. The molecular formula is C26H21Cl2N9O4. The number of nitrogens with one attached hydrogen (secondary N) is 1. The van der Waals surface area contributed by atoms with Gasteiger partial charge in [-0.15, -0.1) is 5.10 Å². The van der Waals surface area contributed by atoms with Crippen molar-refractivity contribution in [2.75, 3.05) is 20.1 Å². The zero-order chi connectivity index (χ0) is 29.1. The van der Waals surface area contributed by atoms with Gasteiger partial charge in [0.25, 0.3) is 0 Å². The Morgan fingerprint density at radius 3 is 2.83 bits per heavy atom. The van der Waals surface area contributed by atoms with E-state index in [2.05, 4.69) is 25.7 Å². The molecule has 13 nitrogen and oxygen atoms in total. The van der Waals surface area contributed by atoms with Crippen LogP contribution in [-0.4, -0.2) is 72.0 Å². The van der Waals surface area contributed by atoms with E-state index < -0.39 is 12.1 Å². The Labute approximate surface area is 242 Å². The fourth-order valence-electron chi connectivity index (χ4n) is 4.18. The van der Waals surface area contributed by atoms with Crippen LogP contribution in [-0.2, 0) is 6.54 Å². The van der Waals surface area contributed by atoms with E-state index in [4.69, 9.17) is 33.0 Å². The highest BCUT2D eigenvalue weighted by Gasteiger charge is 2.22. The van der Waals surface area contributed by atoms with Gasteiger partial charge in [-0.3, -0.25) is 0 Å². The van der Waals surface area contributed by atoms with Gasteiger partial charge in [0.1, 0.15) is 5.75 Å². The van der Waals surface area contributed by atoms with Crippen molar-refractivity contribution in [3.8, 4) is 17.6 Å². The number of hydrogen-bond donors (Lipinski definition) is 2. The number of benzene rings is 2. The molecule has 3 aromatic heterocycles. The Hall–Kier alpha value is -4.93. The number of pyridine rings is 1. The second-order valence-electron chi connectivity index (χ2n) is 8.90. The summed E-state index contributed by atoms with van der Waals surface area (Å²) >= 11 is 12.6. The van der Waals surface area contributed by atoms with Crippen LogP contribution >= 0.6 is 23.2 Å². The molecular weight excluding hydrogens is 573 g/mol. The number of aromatic nitrogens is 6. The Morgan fingerprint density at radius 2 is 2.05 bits per heavy atom. The molecule has 0 aliphatic carbocycles. The molecule has 0 radical (unpaired) electrons. The van der Waals surface area contributed by atoms with Crippen LogP contribution in [0.15, 0.2) is 48.7 Å². The number of nitriles is 1. The zero-order valence-corrected chi connectivity index (χ0v) is 23.0. The van der Waals surface area contributed by atoms with Gasteiger partial charge in [-0.1, -0.05) is 28.4 Å². The van der Waals surface area contributed by atoms with Crippen molar-refractivity contribution in [3.63, 3.8) is 0 Å². The van der Waals surface area contributed by atoms with Crippen LogP contribution in [0.5, 0.6) is 11.5 Å². The minimum absolute atomic E-state index is 0.155. The van der Waals surface area contributed by atoms with E-state index in [9.17, 15) is 14.9 Å². The van der Waals surface area contributed by atoms with E-state index in [1.165, 1.54) is 21.7 Å². The molecule has 15 heteroatoms. The smallest absolute Gasteiger partial charge is 0.404 e. The van der Waals surface area contributed by atoms with Crippen LogP contribution in [0.1, 0.15) is 17.7 Å². The third-order valence-corrected chi connectivity index (χ3v) is 6.60. The van der Waals surface area contributed by atoms with Crippen molar-refractivity contribution >= 4 is 57.4 Å². The van der Waals surface area contributed by atoms with Gasteiger partial charge in [0.2, 0.25) is 0 Å². The van der Waals surface area contributed by atoms with E-state index >= 15 is 0 Å². The lowest BCUT2D eigenvalue weighted by molar-refractivity contribution is 0.193. The molecule has 2 aromatic carbocycles. The third-order valence-electron chi connectivity index (χ3n) is 6.09. The molecule has 2 amide bonds. The lowest BCUT2D eigenvalue weighted by atomic mass is 10.2. The van der Waals surface area contributed by atoms with Crippen LogP contribution in [0.3, 0.4) is 0 Å². The summed E-state index contributed by atoms with van der Waals surface area (Å²) in [5.41, 5.74) is 2.19. The maximum Gasteiger partial charge on any atom is 0.404 e. The number of nitrogens with zero attached hydrogens (tertiary/aromatic N) is 8. The Kier molecular flexibility index (Phi) is 7.86. The summed E-state index contributed by atoms with van der Waals surface area (Å²) in [5.74, 6) is 0.558. The van der Waals surface area contributed by atoms with Gasteiger partial charge in [-0.2, -0.15) is 15.0 Å². The molecule has 208 valence electrons. The fourth-order valence-corrected chi connectivity index (χ4v) is 4.60. The van der Waals surface area contributed by atoms with Crippen molar-refractivity contribution < 1.29 is 19.4 Å². The summed E-state index contributed by atoms with van der Waals surface area (Å²) in [6.07, 6.45) is 0.877. The maximum atomic E-state index is 13.2. The molecule has 5 rings (SSSR count). The van der Waals surface area contributed by atoms with Crippen molar-refractivity contribution in [1.29, 1.82) is 5.26 Å². The first-order valence-corrected chi connectivity index (χ1v) is 13.0. The lowest BCUT2D eigenvalue weighted by Gasteiger charge is -2.16. The van der Waals surface area contributed by atoms with Gasteiger partial charge in [-0.05, 0) is 48.9 Å². The van der Waals surface area contributed by atoms with E-state index in [0.29, 0.717) is 57.1 Å². The second-order valence-corrected chi connectivity index (χ2v) is 9.75. The van der Waals surface area contributed by atoms with Crippen molar-refractivity contribution in [2.45, 2.75) is 13.0 Å². The molecule has 0 bridgehead atoms. The number of rotatable bonds is 8. The number of carbonyl (C=O) groups is 2. The van der Waals surface area contributed by atoms with Gasteiger partial charge in [0, 0.05) is 36.7 Å². The third kappa shape index (κ3) is 5.84. The van der Waals surface area contributed by atoms with E-state index in [-0.39, 0.29) is 23.9 Å². The highest BCUT2D eigenvalue weighted by atomic mass is 35.5. The van der Waals surface area contributed by atoms with Crippen LogP contribution < -0.4 is 10.1 Å². The largest absolute Gasteiger partial charge is 0.465 e. The Morgan fingerprint density at radius 1 is 1.22 bits per heavy atom. The predicted molar refractivity (Wildman–Crippen MR) is 149 cm³/mol. The van der Waals surface area contributed by atoms with Gasteiger partial charge >= 0.3 is 12.1 Å². The van der Waals surface area contributed by atoms with Crippen LogP contribution in [0.2, 0.25) is 10.0 Å². The molecule has 2 N–H and O–H groups in total. The average Bonchev–Trinajstić information content (AvgIpc) is 3.53. The number of fused-ring (bicyclic) bond motifs is 2. The quantitative estimate of drug-likeness (QED) is 0.241. The summed E-state index contributed by atoms with van der Waals surface area (Å²) in [5, 5.41) is 34.6. The van der Waals surface area contributed by atoms with E-state index in [1.807, 2.05) is 12.1 Å². The molecule has 41 heavy (non-hydrogen) atoms. The highest BCUT2D eigenvalue weighted by molar-refractivity contribution is 6.33. The Bertz CT molecular complexity index is 1830. The molecule has 0 fully saturated rings. The molecule has 0 spiro atoms. The summed E-state index contributed by atoms with van der Waals surface area (Å²) in [4.78, 5) is 29.7. The SMILES string of the molecule is CN(CCCNC(=O)O)C(=O)n1nc(Cn2nnc3c(Oc4cc(Cl)cc(C#N)c4)c(Cl)ccc32)c2cccnc21. The first kappa shape index (κ1) is 27.6. The lowest BCUT2D eigenvalue weighted by Crippen LogP contribution is -2.34. The maximum absolute atomic E-state index is 13.2. The summed E-state index contributed by atoms with van der Waals surface area (Å²) < 4.78 is 8.81. The second kappa shape index (κ2) is 11.7. The van der Waals surface area contributed by atoms with Gasteiger partial charge in [0.05, 0.1) is 34.4 Å². The monoisotopic (exact) mass is 593 g/mol. The van der Waals surface area contributed by atoms with Gasteiger partial charge < -0.3 is 20.1 Å². The van der Waals surface area contributed by atoms with Crippen molar-refractivity contribution in [3.05, 3.63) is 70.0 Å². The minimum Gasteiger partial charge on any atom is -0.465 e. The van der Waals surface area contributed by atoms with Gasteiger partial charge in [0.15, 0.2) is 16.9 Å². The Balaban J connectivity index is 1.44. The van der Waals surface area contributed by atoms with Crippen LogP contribution in [0.25, 0.3) is 22.1 Å². The summed E-state index contributed by atoms with van der Waals surface area (Å²) in [6.45, 7) is 0.673. The number of ether oxygens (including phenoxy) is 1. The predicted octanol–water partition coefficient (Wildman–Crippen LogP) is 4.75. The van der Waals surface area contributed by atoms with E-state index in [1.54, 1.807) is 42.2 Å². The first-order chi connectivity index (χ1) is 19.7. The summed E-state index contributed by atoms with van der Waals surface area (Å²) in [7, 11) is 1.61. The molecule has 0 aliphatic rings. The summed E-state index contributed by atoms with van der Waals surface area (Å²) in [6, 6.07) is 13.2. The molecule has 0 saturated heterocycles.